The van der Waals surface area contributed by atoms with Gasteiger partial charge in [0, 0.05) is 37.0 Å². The number of nitriles is 1. The lowest BCUT2D eigenvalue weighted by Gasteiger charge is -2.36. The summed E-state index contributed by atoms with van der Waals surface area (Å²) in [7, 11) is 0. The number of urea groups is 1. The maximum atomic E-state index is 13.7. The minimum absolute atomic E-state index is 0.0628. The van der Waals surface area contributed by atoms with Crippen molar-refractivity contribution in [2.45, 2.75) is 31.0 Å². The van der Waals surface area contributed by atoms with Gasteiger partial charge in [-0.1, -0.05) is 24.3 Å². The quantitative estimate of drug-likeness (QED) is 0.366. The minimum Gasteiger partial charge on any atom is -0.379 e. The molecule has 0 spiro atoms. The average molecular weight is 506 g/mol. The summed E-state index contributed by atoms with van der Waals surface area (Å²) in [5.41, 5.74) is 0.689. The van der Waals surface area contributed by atoms with Crippen LogP contribution in [0.15, 0.2) is 30.5 Å². The molecule has 186 valence electrons. The highest BCUT2D eigenvalue weighted by atomic mass is 32.1. The van der Waals surface area contributed by atoms with Crippen LogP contribution in [0.25, 0.3) is 10.8 Å². The number of hydrogen-bond donors (Lipinski definition) is 1. The molecule has 3 amide bonds. The first-order valence-corrected chi connectivity index (χ1v) is 12.8. The van der Waals surface area contributed by atoms with E-state index in [2.05, 4.69) is 26.2 Å². The van der Waals surface area contributed by atoms with Crippen molar-refractivity contribution in [2.24, 2.45) is 0 Å². The lowest BCUT2D eigenvalue weighted by molar-refractivity contribution is -0.120. The predicted molar refractivity (Wildman–Crippen MR) is 136 cm³/mol. The first-order chi connectivity index (χ1) is 17.6. The zero-order valence-electron chi connectivity index (χ0n) is 19.8. The number of benzene rings is 1. The summed E-state index contributed by atoms with van der Waals surface area (Å²) in [5, 5.41) is 14.7. The van der Waals surface area contributed by atoms with E-state index in [1.165, 1.54) is 11.1 Å². The van der Waals surface area contributed by atoms with E-state index >= 15 is 0 Å². The van der Waals surface area contributed by atoms with Crippen molar-refractivity contribution >= 4 is 45.7 Å². The molecule has 11 heteroatoms. The topological polar surface area (TPSA) is 105 Å². The Morgan fingerprint density at radius 2 is 2.00 bits per heavy atom. The number of nitrogens with zero attached hydrogens (tertiary/aromatic N) is 6. The lowest BCUT2D eigenvalue weighted by atomic mass is 10.1. The Kier molecular flexibility index (Phi) is 5.95. The number of aromatic nitrogens is 1. The highest BCUT2D eigenvalue weighted by Crippen LogP contribution is 2.43. The Balaban J connectivity index is 1.16. The molecule has 5 heterocycles. The van der Waals surface area contributed by atoms with E-state index in [0.717, 1.165) is 52.2 Å². The number of anilines is 1. The Labute approximate surface area is 214 Å². The summed E-state index contributed by atoms with van der Waals surface area (Å²) in [4.78, 5) is 38.8. The van der Waals surface area contributed by atoms with Gasteiger partial charge in [0.25, 0.3) is 5.91 Å². The van der Waals surface area contributed by atoms with Gasteiger partial charge in [-0.15, -0.1) is 0 Å². The summed E-state index contributed by atoms with van der Waals surface area (Å²) >= 11 is 5.70. The van der Waals surface area contributed by atoms with Gasteiger partial charge in [-0.05, 0) is 31.6 Å². The molecule has 1 N–H and O–H groups in total. The monoisotopic (exact) mass is 505 g/mol. The molecule has 4 saturated heterocycles. The van der Waals surface area contributed by atoms with Crippen molar-refractivity contribution in [1.29, 1.82) is 5.26 Å². The molecular formula is C25H27N7O3S. The lowest BCUT2D eigenvalue weighted by Crippen LogP contribution is -2.57. The first-order valence-electron chi connectivity index (χ1n) is 12.4. The molecule has 4 fully saturated rings. The van der Waals surface area contributed by atoms with E-state index in [-0.39, 0.29) is 29.7 Å². The number of carbonyl (C=O) groups excluding carboxylic acids is 2. The fourth-order valence-electron chi connectivity index (χ4n) is 5.98. The van der Waals surface area contributed by atoms with Gasteiger partial charge in [0.1, 0.15) is 17.8 Å². The van der Waals surface area contributed by atoms with Crippen molar-refractivity contribution in [3.8, 4) is 6.07 Å². The molecule has 0 aliphatic carbocycles. The summed E-state index contributed by atoms with van der Waals surface area (Å²) in [6, 6.07) is 8.22. The van der Waals surface area contributed by atoms with Gasteiger partial charge in [0.15, 0.2) is 5.11 Å². The van der Waals surface area contributed by atoms with Crippen LogP contribution in [-0.2, 0) is 9.53 Å². The van der Waals surface area contributed by atoms with Gasteiger partial charge >= 0.3 is 6.03 Å². The number of nitrogens with one attached hydrogen (secondary N) is 1. The SMILES string of the molecule is N#Cc1ncc(N2C(=O)C3C4CC(CN4C(=S)NCCCN4CCOCC4)N3C2=O)c2ccccc12. The van der Waals surface area contributed by atoms with E-state index in [1.54, 1.807) is 11.0 Å². The third kappa shape index (κ3) is 3.68. The maximum absolute atomic E-state index is 13.7. The number of amides is 3. The van der Waals surface area contributed by atoms with Crippen molar-refractivity contribution in [1.82, 2.24) is 25.0 Å². The maximum Gasteiger partial charge on any atom is 0.332 e. The van der Waals surface area contributed by atoms with Gasteiger partial charge in [0.05, 0.1) is 37.2 Å². The smallest absolute Gasteiger partial charge is 0.332 e. The number of morpholine rings is 1. The molecule has 6 rings (SSSR count). The molecular weight excluding hydrogens is 478 g/mol. The van der Waals surface area contributed by atoms with Crippen molar-refractivity contribution in [3.63, 3.8) is 0 Å². The van der Waals surface area contributed by atoms with Crippen molar-refractivity contribution in [3.05, 3.63) is 36.2 Å². The molecule has 1 aromatic carbocycles. The zero-order chi connectivity index (χ0) is 24.8. The van der Waals surface area contributed by atoms with Crippen LogP contribution in [0.1, 0.15) is 18.5 Å². The molecule has 0 saturated carbocycles. The number of hydrogen-bond acceptors (Lipinski definition) is 7. The second-order valence-corrected chi connectivity index (χ2v) is 9.99. The summed E-state index contributed by atoms with van der Waals surface area (Å²) in [5.74, 6) is -0.260. The normalized spacial score (nSPS) is 25.5. The number of ether oxygens (including phenoxy) is 1. The Morgan fingerprint density at radius 1 is 1.22 bits per heavy atom. The van der Waals surface area contributed by atoms with E-state index < -0.39 is 6.04 Å². The minimum atomic E-state index is -0.571. The summed E-state index contributed by atoms with van der Waals surface area (Å²) in [6.45, 7) is 5.90. The summed E-state index contributed by atoms with van der Waals surface area (Å²) < 4.78 is 5.40. The van der Waals surface area contributed by atoms with E-state index in [9.17, 15) is 14.9 Å². The molecule has 3 unspecified atom stereocenters. The number of piperazine rings is 1. The molecule has 10 nitrogen and oxygen atoms in total. The van der Waals surface area contributed by atoms with Crippen LogP contribution in [-0.4, -0.2) is 101 Å². The molecule has 1 aromatic heterocycles. The molecule has 36 heavy (non-hydrogen) atoms. The first kappa shape index (κ1) is 23.1. The average Bonchev–Trinajstić information content (AvgIpc) is 3.58. The van der Waals surface area contributed by atoms with E-state index in [4.69, 9.17) is 17.0 Å². The van der Waals surface area contributed by atoms with Gasteiger partial charge in [-0.2, -0.15) is 5.26 Å². The second-order valence-electron chi connectivity index (χ2n) is 9.61. The van der Waals surface area contributed by atoms with Gasteiger partial charge < -0.3 is 19.9 Å². The van der Waals surface area contributed by atoms with Crippen molar-refractivity contribution in [2.75, 3.05) is 50.8 Å². The Bertz CT molecular complexity index is 1270. The number of thiocarbonyl (C=S) groups is 1. The van der Waals surface area contributed by atoms with Crippen LogP contribution in [0.3, 0.4) is 0 Å². The highest BCUT2D eigenvalue weighted by molar-refractivity contribution is 7.80. The molecule has 3 atom stereocenters. The third-order valence-corrected chi connectivity index (χ3v) is 8.06. The van der Waals surface area contributed by atoms with E-state index in [1.807, 2.05) is 18.2 Å². The molecule has 4 aliphatic rings. The standard InChI is InChI=1S/C25H27N7O3S/c26-13-19-17-4-1-2-5-18(17)21(14-28-19)32-23(33)22-20-12-16(31(22)25(32)34)15-30(20)24(36)27-6-3-7-29-8-10-35-11-9-29/h1-2,4-5,14,16,20,22H,3,6-12,15H2,(H,27,36). The largest absolute Gasteiger partial charge is 0.379 e. The van der Waals surface area contributed by atoms with Gasteiger partial charge in [0.2, 0.25) is 0 Å². The molecule has 4 aliphatic heterocycles. The summed E-state index contributed by atoms with van der Waals surface area (Å²) in [6.07, 6.45) is 3.17. The number of likely N-dealkylation sites (tertiary alicyclic amines) is 1. The van der Waals surface area contributed by atoms with Crippen LogP contribution < -0.4 is 10.2 Å². The van der Waals surface area contributed by atoms with Gasteiger partial charge in [-0.25, -0.2) is 14.7 Å². The number of fused-ring (bicyclic) bond motifs is 6. The molecule has 0 radical (unpaired) electrons. The second kappa shape index (κ2) is 9.28. The number of rotatable bonds is 5. The molecule has 2 bridgehead atoms. The zero-order valence-corrected chi connectivity index (χ0v) is 20.6. The van der Waals surface area contributed by atoms with Crippen LogP contribution in [0, 0.1) is 11.3 Å². The number of carbonyl (C=O) groups is 2. The Hall–Kier alpha value is -3.33. The van der Waals surface area contributed by atoms with Gasteiger partial charge in [-0.3, -0.25) is 9.69 Å². The van der Waals surface area contributed by atoms with Crippen LogP contribution >= 0.6 is 12.2 Å². The Morgan fingerprint density at radius 3 is 2.78 bits per heavy atom. The number of pyridine rings is 1. The van der Waals surface area contributed by atoms with Crippen LogP contribution in [0.4, 0.5) is 10.5 Å². The highest BCUT2D eigenvalue weighted by Gasteiger charge is 2.62. The predicted octanol–water partition coefficient (Wildman–Crippen LogP) is 1.30. The fraction of sp³-hybridized carbons (Fsp3) is 0.480. The third-order valence-electron chi connectivity index (χ3n) is 7.68. The van der Waals surface area contributed by atoms with E-state index in [0.29, 0.717) is 28.1 Å². The van der Waals surface area contributed by atoms with Crippen LogP contribution in [0.2, 0.25) is 0 Å². The van der Waals surface area contributed by atoms with Crippen LogP contribution in [0.5, 0.6) is 0 Å². The van der Waals surface area contributed by atoms with Crippen molar-refractivity contribution < 1.29 is 14.3 Å². The molecule has 2 aromatic rings. The fourth-order valence-corrected chi connectivity index (χ4v) is 6.29. The number of imide groups is 1.